The maximum Gasteiger partial charge on any atom is 0.0708 e. The van der Waals surface area contributed by atoms with E-state index < -0.39 is 0 Å². The van der Waals surface area contributed by atoms with Crippen LogP contribution in [0.25, 0.3) is 22.4 Å². The molecule has 164 valence electrons. The van der Waals surface area contributed by atoms with Crippen LogP contribution < -0.4 is 11.1 Å². The van der Waals surface area contributed by atoms with Crippen molar-refractivity contribution in [1.29, 1.82) is 0 Å². The van der Waals surface area contributed by atoms with Crippen molar-refractivity contribution in [1.82, 2.24) is 15.0 Å². The number of nitrogens with zero attached hydrogens (tertiary/aromatic N) is 3. The molecule has 5 heteroatoms. The lowest BCUT2D eigenvalue weighted by molar-refractivity contribution is 0.912. The smallest absolute Gasteiger partial charge is 0.0708 e. The summed E-state index contributed by atoms with van der Waals surface area (Å²) in [5, 5.41) is 3.45. The summed E-state index contributed by atoms with van der Waals surface area (Å²) in [7, 11) is 0. The first-order valence-corrected chi connectivity index (χ1v) is 11.3. The van der Waals surface area contributed by atoms with Gasteiger partial charge in [0, 0.05) is 41.8 Å². The highest BCUT2D eigenvalue weighted by Crippen LogP contribution is 2.32. The van der Waals surface area contributed by atoms with Crippen molar-refractivity contribution in [2.45, 2.75) is 32.6 Å². The molecule has 0 saturated carbocycles. The van der Waals surface area contributed by atoms with Gasteiger partial charge < -0.3 is 11.1 Å². The second-order valence-electron chi connectivity index (χ2n) is 8.57. The van der Waals surface area contributed by atoms with Gasteiger partial charge in [0.1, 0.15) is 0 Å². The second-order valence-corrected chi connectivity index (χ2v) is 8.57. The third kappa shape index (κ3) is 4.35. The van der Waals surface area contributed by atoms with Crippen LogP contribution in [0.3, 0.4) is 0 Å². The van der Waals surface area contributed by atoms with E-state index in [2.05, 4.69) is 47.0 Å². The fourth-order valence-electron chi connectivity index (χ4n) is 4.46. The molecule has 0 bridgehead atoms. The Morgan fingerprint density at radius 2 is 1.79 bits per heavy atom. The molecule has 0 radical (unpaired) electrons. The van der Waals surface area contributed by atoms with Crippen LogP contribution in [0.2, 0.25) is 0 Å². The number of benzene rings is 1. The van der Waals surface area contributed by atoms with Crippen molar-refractivity contribution in [2.24, 2.45) is 0 Å². The van der Waals surface area contributed by atoms with Gasteiger partial charge in [-0.3, -0.25) is 15.0 Å². The lowest BCUT2D eigenvalue weighted by atomic mass is 9.98. The SMILES string of the molecule is C=C(Cc1nc(-c2ccncc2)ccc1N)Nc1cncc(-c2ccc3c(c2)CCC3)c1C. The molecule has 3 aromatic heterocycles. The summed E-state index contributed by atoms with van der Waals surface area (Å²) < 4.78 is 0. The summed E-state index contributed by atoms with van der Waals surface area (Å²) in [6.45, 7) is 6.36. The van der Waals surface area contributed by atoms with Gasteiger partial charge in [-0.05, 0) is 72.7 Å². The van der Waals surface area contributed by atoms with E-state index in [0.29, 0.717) is 12.1 Å². The number of aryl methyl sites for hydroxylation is 2. The molecule has 0 atom stereocenters. The van der Waals surface area contributed by atoms with Crippen molar-refractivity contribution in [3.8, 4) is 22.4 Å². The molecule has 0 unspecified atom stereocenters. The number of rotatable bonds is 6. The van der Waals surface area contributed by atoms with Crippen LogP contribution in [0, 0.1) is 6.92 Å². The van der Waals surface area contributed by atoms with Crippen molar-refractivity contribution >= 4 is 11.4 Å². The second kappa shape index (κ2) is 8.87. The van der Waals surface area contributed by atoms with Crippen molar-refractivity contribution in [3.05, 3.63) is 102 Å². The van der Waals surface area contributed by atoms with E-state index in [0.717, 1.165) is 45.9 Å². The zero-order valence-electron chi connectivity index (χ0n) is 18.8. The van der Waals surface area contributed by atoms with E-state index in [1.54, 1.807) is 12.4 Å². The van der Waals surface area contributed by atoms with E-state index in [1.165, 1.54) is 29.5 Å². The Morgan fingerprint density at radius 1 is 0.970 bits per heavy atom. The third-order valence-electron chi connectivity index (χ3n) is 6.30. The molecule has 1 aliphatic rings. The molecule has 33 heavy (non-hydrogen) atoms. The molecule has 0 spiro atoms. The number of hydrogen-bond acceptors (Lipinski definition) is 5. The number of hydrogen-bond donors (Lipinski definition) is 2. The van der Waals surface area contributed by atoms with Gasteiger partial charge in [0.25, 0.3) is 0 Å². The number of nitrogen functional groups attached to an aromatic ring is 1. The first-order chi connectivity index (χ1) is 16.1. The van der Waals surface area contributed by atoms with Gasteiger partial charge >= 0.3 is 0 Å². The van der Waals surface area contributed by atoms with E-state index in [-0.39, 0.29) is 0 Å². The predicted molar refractivity (Wildman–Crippen MR) is 135 cm³/mol. The molecule has 0 saturated heterocycles. The van der Waals surface area contributed by atoms with Gasteiger partial charge in [-0.2, -0.15) is 0 Å². The zero-order valence-corrected chi connectivity index (χ0v) is 18.8. The van der Waals surface area contributed by atoms with Gasteiger partial charge in [0.05, 0.1) is 29.0 Å². The largest absolute Gasteiger partial charge is 0.397 e. The molecule has 0 aliphatic heterocycles. The Hall–Kier alpha value is -3.99. The summed E-state index contributed by atoms with van der Waals surface area (Å²) in [5.41, 5.74) is 17.8. The first kappa shape index (κ1) is 20.9. The maximum atomic E-state index is 6.23. The molecule has 1 aliphatic carbocycles. The molecular formula is C28H27N5. The summed E-state index contributed by atoms with van der Waals surface area (Å²) in [5.74, 6) is 0. The first-order valence-electron chi connectivity index (χ1n) is 11.3. The van der Waals surface area contributed by atoms with Crippen LogP contribution in [0.1, 0.15) is 28.8 Å². The van der Waals surface area contributed by atoms with Gasteiger partial charge in [0.2, 0.25) is 0 Å². The molecule has 5 rings (SSSR count). The lowest BCUT2D eigenvalue weighted by Crippen LogP contribution is -2.07. The average Bonchev–Trinajstić information content (AvgIpc) is 3.30. The Morgan fingerprint density at radius 3 is 2.64 bits per heavy atom. The van der Waals surface area contributed by atoms with Gasteiger partial charge in [-0.1, -0.05) is 24.8 Å². The minimum atomic E-state index is 0.521. The molecule has 3 N–H and O–H groups in total. The molecule has 4 aromatic rings. The predicted octanol–water partition coefficient (Wildman–Crippen LogP) is 5.75. The molecule has 3 heterocycles. The fraction of sp³-hybridized carbons (Fsp3) is 0.179. The molecule has 0 fully saturated rings. The topological polar surface area (TPSA) is 76.7 Å². The van der Waals surface area contributed by atoms with Crippen molar-refractivity contribution < 1.29 is 0 Å². The summed E-state index contributed by atoms with van der Waals surface area (Å²) in [6, 6.07) is 14.5. The quantitative estimate of drug-likeness (QED) is 0.405. The number of anilines is 2. The number of nitrogens with one attached hydrogen (secondary N) is 1. The zero-order chi connectivity index (χ0) is 22.8. The monoisotopic (exact) mass is 433 g/mol. The van der Waals surface area contributed by atoms with E-state index in [9.17, 15) is 0 Å². The van der Waals surface area contributed by atoms with Gasteiger partial charge in [-0.15, -0.1) is 0 Å². The normalized spacial score (nSPS) is 12.4. The van der Waals surface area contributed by atoms with E-state index in [4.69, 9.17) is 10.7 Å². The Labute approximate surface area is 194 Å². The third-order valence-corrected chi connectivity index (χ3v) is 6.30. The molecule has 5 nitrogen and oxygen atoms in total. The van der Waals surface area contributed by atoms with Crippen LogP contribution in [0.4, 0.5) is 11.4 Å². The van der Waals surface area contributed by atoms with Crippen molar-refractivity contribution in [3.63, 3.8) is 0 Å². The van der Waals surface area contributed by atoms with Crippen molar-refractivity contribution in [2.75, 3.05) is 11.1 Å². The Bertz CT molecular complexity index is 1330. The number of fused-ring (bicyclic) bond motifs is 1. The van der Waals surface area contributed by atoms with Crippen LogP contribution in [-0.2, 0) is 19.3 Å². The number of allylic oxidation sites excluding steroid dienone is 1. The maximum absolute atomic E-state index is 6.23. The van der Waals surface area contributed by atoms with E-state index in [1.807, 2.05) is 36.7 Å². The highest BCUT2D eigenvalue weighted by atomic mass is 14.9. The highest BCUT2D eigenvalue weighted by molar-refractivity contribution is 5.74. The minimum absolute atomic E-state index is 0.521. The standard InChI is InChI=1S/C28H27N5/c1-18(14-27-25(29)8-9-26(33-27)21-10-12-30-13-11-21)32-28-17-31-16-24(19(28)2)23-7-6-20-4-3-5-22(20)15-23/h6-13,15-17,32H,1,3-5,14,29H2,2H3. The fourth-order valence-corrected chi connectivity index (χ4v) is 4.46. The average molecular weight is 434 g/mol. The molecule has 0 amide bonds. The van der Waals surface area contributed by atoms with Gasteiger partial charge in [-0.25, -0.2) is 0 Å². The minimum Gasteiger partial charge on any atom is -0.397 e. The molecular weight excluding hydrogens is 406 g/mol. The van der Waals surface area contributed by atoms with E-state index >= 15 is 0 Å². The Balaban J connectivity index is 1.36. The Kier molecular flexibility index (Phi) is 5.61. The van der Waals surface area contributed by atoms with Gasteiger partial charge in [0.15, 0.2) is 0 Å². The number of nitrogens with two attached hydrogens (primary N) is 1. The molecule has 1 aromatic carbocycles. The number of aromatic nitrogens is 3. The lowest BCUT2D eigenvalue weighted by Gasteiger charge is -2.16. The van der Waals surface area contributed by atoms with Crippen LogP contribution in [0.15, 0.2) is 79.5 Å². The summed E-state index contributed by atoms with van der Waals surface area (Å²) >= 11 is 0. The van der Waals surface area contributed by atoms with Crippen LogP contribution in [-0.4, -0.2) is 15.0 Å². The van der Waals surface area contributed by atoms with Crippen LogP contribution >= 0.6 is 0 Å². The highest BCUT2D eigenvalue weighted by Gasteiger charge is 2.14. The summed E-state index contributed by atoms with van der Waals surface area (Å²) in [4.78, 5) is 13.4. The van der Waals surface area contributed by atoms with Crippen LogP contribution in [0.5, 0.6) is 0 Å². The summed E-state index contributed by atoms with van der Waals surface area (Å²) in [6.07, 6.45) is 11.4. The number of pyridine rings is 3.